The third kappa shape index (κ3) is 2.48. The average molecular weight is 286 g/mol. The van der Waals surface area contributed by atoms with Crippen molar-refractivity contribution >= 4 is 17.2 Å². The maximum atomic E-state index is 12.2. The molecule has 5 heteroatoms. The zero-order chi connectivity index (χ0) is 14.8. The normalized spacial score (nSPS) is 19.0. The summed E-state index contributed by atoms with van der Waals surface area (Å²) < 4.78 is 2.08. The maximum absolute atomic E-state index is 12.2. The summed E-state index contributed by atoms with van der Waals surface area (Å²) in [5.74, 6) is 1.09. The van der Waals surface area contributed by atoms with Crippen LogP contribution in [0.3, 0.4) is 0 Å². The molecular weight excluding hydrogens is 264 g/mol. The van der Waals surface area contributed by atoms with Gasteiger partial charge in [0, 0.05) is 32.4 Å². The number of hydrogen-bond donors (Lipinski definition) is 1. The average Bonchev–Trinajstić information content (AvgIpc) is 3.01. The van der Waals surface area contributed by atoms with Crippen molar-refractivity contribution in [1.29, 1.82) is 0 Å². The molecule has 21 heavy (non-hydrogen) atoms. The molecule has 2 aromatic rings. The first-order valence-electron chi connectivity index (χ1n) is 7.69. The lowest BCUT2D eigenvalue weighted by Gasteiger charge is -2.35. The SMILES string of the molecule is CCC(=O)N1CCCC[C@@H]1c1cn2cccc2c(NC)n1. The number of carbonyl (C=O) groups is 1. The minimum Gasteiger partial charge on any atom is -0.371 e. The van der Waals surface area contributed by atoms with Crippen LogP contribution in [0, 0.1) is 0 Å². The van der Waals surface area contributed by atoms with Crippen LogP contribution < -0.4 is 5.32 Å². The molecule has 0 aliphatic carbocycles. The quantitative estimate of drug-likeness (QED) is 0.944. The summed E-state index contributed by atoms with van der Waals surface area (Å²) in [7, 11) is 1.88. The second-order valence-electron chi connectivity index (χ2n) is 5.52. The number of fused-ring (bicyclic) bond motifs is 1. The lowest BCUT2D eigenvalue weighted by atomic mass is 9.99. The maximum Gasteiger partial charge on any atom is 0.222 e. The number of carbonyl (C=O) groups excluding carboxylic acids is 1. The van der Waals surface area contributed by atoms with Crippen molar-refractivity contribution in [2.45, 2.75) is 38.6 Å². The minimum atomic E-state index is 0.102. The first-order chi connectivity index (χ1) is 10.2. The molecule has 0 aromatic carbocycles. The van der Waals surface area contributed by atoms with E-state index in [0.29, 0.717) is 6.42 Å². The highest BCUT2D eigenvalue weighted by Crippen LogP contribution is 2.31. The molecule has 0 saturated carbocycles. The molecule has 1 aliphatic heterocycles. The first kappa shape index (κ1) is 13.9. The van der Waals surface area contributed by atoms with Crippen LogP contribution in [0.15, 0.2) is 24.5 Å². The highest BCUT2D eigenvalue weighted by molar-refractivity contribution is 5.76. The molecule has 1 N–H and O–H groups in total. The van der Waals surface area contributed by atoms with Gasteiger partial charge in [-0.2, -0.15) is 0 Å². The number of anilines is 1. The van der Waals surface area contributed by atoms with Crippen LogP contribution in [-0.4, -0.2) is 33.8 Å². The number of likely N-dealkylation sites (tertiary alicyclic amines) is 1. The Morgan fingerprint density at radius 3 is 3.10 bits per heavy atom. The Morgan fingerprint density at radius 1 is 1.48 bits per heavy atom. The summed E-state index contributed by atoms with van der Waals surface area (Å²) in [6.45, 7) is 2.77. The zero-order valence-corrected chi connectivity index (χ0v) is 12.7. The summed E-state index contributed by atoms with van der Waals surface area (Å²) >= 11 is 0. The van der Waals surface area contributed by atoms with Gasteiger partial charge in [0.05, 0.1) is 17.3 Å². The molecule has 3 heterocycles. The Bertz CT molecular complexity index is 649. The number of nitrogens with one attached hydrogen (secondary N) is 1. The Balaban J connectivity index is 2.02. The van der Waals surface area contributed by atoms with Gasteiger partial charge in [0.25, 0.3) is 0 Å². The third-order valence-corrected chi connectivity index (χ3v) is 4.24. The summed E-state index contributed by atoms with van der Waals surface area (Å²) in [6.07, 6.45) is 7.87. The van der Waals surface area contributed by atoms with Gasteiger partial charge in [-0.05, 0) is 31.4 Å². The lowest BCUT2D eigenvalue weighted by Crippen LogP contribution is -2.38. The summed E-state index contributed by atoms with van der Waals surface area (Å²) in [4.78, 5) is 19.0. The van der Waals surface area contributed by atoms with E-state index in [1.807, 2.05) is 37.2 Å². The Labute approximate surface area is 125 Å². The van der Waals surface area contributed by atoms with Crippen LogP contribution in [-0.2, 0) is 4.79 Å². The van der Waals surface area contributed by atoms with E-state index in [4.69, 9.17) is 4.98 Å². The van der Waals surface area contributed by atoms with Crippen LogP contribution in [0.1, 0.15) is 44.3 Å². The van der Waals surface area contributed by atoms with Crippen LogP contribution in [0.5, 0.6) is 0 Å². The van der Waals surface area contributed by atoms with Gasteiger partial charge in [-0.25, -0.2) is 4.98 Å². The van der Waals surface area contributed by atoms with E-state index in [1.165, 1.54) is 0 Å². The molecule has 1 saturated heterocycles. The molecule has 0 spiro atoms. The van der Waals surface area contributed by atoms with Crippen molar-refractivity contribution in [1.82, 2.24) is 14.3 Å². The van der Waals surface area contributed by atoms with E-state index in [9.17, 15) is 4.79 Å². The van der Waals surface area contributed by atoms with Crippen LogP contribution >= 0.6 is 0 Å². The van der Waals surface area contributed by atoms with Gasteiger partial charge in [-0.15, -0.1) is 0 Å². The van der Waals surface area contributed by atoms with Gasteiger partial charge < -0.3 is 14.6 Å². The number of rotatable bonds is 3. The fourth-order valence-electron chi connectivity index (χ4n) is 3.15. The third-order valence-electron chi connectivity index (χ3n) is 4.24. The van der Waals surface area contributed by atoms with Crippen LogP contribution in [0.25, 0.3) is 5.52 Å². The monoisotopic (exact) mass is 286 g/mol. The number of aromatic nitrogens is 2. The standard InChI is InChI=1S/C16H22N4O/c1-3-15(21)20-10-5-4-7-13(20)12-11-19-9-6-8-14(19)16(17-2)18-12/h6,8-9,11,13H,3-5,7,10H2,1-2H3,(H,17,18)/t13-/m1/s1. The molecule has 0 bridgehead atoms. The van der Waals surface area contributed by atoms with E-state index >= 15 is 0 Å². The second-order valence-corrected chi connectivity index (χ2v) is 5.52. The summed E-state index contributed by atoms with van der Waals surface area (Å²) in [6, 6.07) is 4.15. The number of nitrogens with zero attached hydrogens (tertiary/aromatic N) is 3. The molecule has 0 radical (unpaired) electrons. The van der Waals surface area contributed by atoms with E-state index in [2.05, 4.69) is 15.9 Å². The van der Waals surface area contributed by atoms with E-state index < -0.39 is 0 Å². The predicted octanol–water partition coefficient (Wildman–Crippen LogP) is 2.84. The summed E-state index contributed by atoms with van der Waals surface area (Å²) in [5.41, 5.74) is 2.04. The molecule has 1 aliphatic rings. The van der Waals surface area contributed by atoms with Crippen molar-refractivity contribution in [2.75, 3.05) is 18.9 Å². The zero-order valence-electron chi connectivity index (χ0n) is 12.7. The van der Waals surface area contributed by atoms with Gasteiger partial charge in [0.1, 0.15) is 5.82 Å². The molecule has 5 nitrogen and oxygen atoms in total. The molecule has 2 aromatic heterocycles. The number of amides is 1. The van der Waals surface area contributed by atoms with E-state index in [1.54, 1.807) is 0 Å². The van der Waals surface area contributed by atoms with Crippen molar-refractivity contribution in [2.24, 2.45) is 0 Å². The molecule has 3 rings (SSSR count). The molecular formula is C16H22N4O. The van der Waals surface area contributed by atoms with Gasteiger partial charge in [-0.3, -0.25) is 4.79 Å². The van der Waals surface area contributed by atoms with Crippen LogP contribution in [0.2, 0.25) is 0 Å². The van der Waals surface area contributed by atoms with Gasteiger partial charge in [0.2, 0.25) is 5.91 Å². The van der Waals surface area contributed by atoms with Crippen molar-refractivity contribution in [3.63, 3.8) is 0 Å². The van der Waals surface area contributed by atoms with Crippen molar-refractivity contribution in [3.05, 3.63) is 30.2 Å². The first-order valence-corrected chi connectivity index (χ1v) is 7.69. The molecule has 1 amide bonds. The topological polar surface area (TPSA) is 49.6 Å². The number of piperidine rings is 1. The fourth-order valence-corrected chi connectivity index (χ4v) is 3.15. The molecule has 1 atom stereocenters. The highest BCUT2D eigenvalue weighted by atomic mass is 16.2. The largest absolute Gasteiger partial charge is 0.371 e. The van der Waals surface area contributed by atoms with Gasteiger partial charge in [0.15, 0.2) is 0 Å². The Kier molecular flexibility index (Phi) is 3.82. The fraction of sp³-hybridized carbons (Fsp3) is 0.500. The van der Waals surface area contributed by atoms with E-state index in [-0.39, 0.29) is 11.9 Å². The molecule has 1 fully saturated rings. The summed E-state index contributed by atoms with van der Waals surface area (Å²) in [5, 5.41) is 3.16. The predicted molar refractivity (Wildman–Crippen MR) is 83.3 cm³/mol. The highest BCUT2D eigenvalue weighted by Gasteiger charge is 2.28. The van der Waals surface area contributed by atoms with Crippen LogP contribution in [0.4, 0.5) is 5.82 Å². The number of hydrogen-bond acceptors (Lipinski definition) is 3. The second kappa shape index (κ2) is 5.76. The van der Waals surface area contributed by atoms with Gasteiger partial charge >= 0.3 is 0 Å². The van der Waals surface area contributed by atoms with Crippen molar-refractivity contribution < 1.29 is 4.79 Å². The minimum absolute atomic E-state index is 0.102. The smallest absolute Gasteiger partial charge is 0.222 e. The Morgan fingerprint density at radius 2 is 2.33 bits per heavy atom. The molecule has 112 valence electrons. The molecule has 0 unspecified atom stereocenters. The van der Waals surface area contributed by atoms with E-state index in [0.717, 1.165) is 42.8 Å². The van der Waals surface area contributed by atoms with Gasteiger partial charge in [-0.1, -0.05) is 6.92 Å². The Hall–Kier alpha value is -2.04. The lowest BCUT2D eigenvalue weighted by molar-refractivity contribution is -0.134. The van der Waals surface area contributed by atoms with Crippen molar-refractivity contribution in [3.8, 4) is 0 Å².